The highest BCUT2D eigenvalue weighted by Crippen LogP contribution is 2.20. The second kappa shape index (κ2) is 7.84. The monoisotopic (exact) mass is 346 g/mol. The average molecular weight is 347 g/mol. The van der Waals surface area contributed by atoms with Crippen LogP contribution in [0.3, 0.4) is 0 Å². The predicted molar refractivity (Wildman–Crippen MR) is 93.8 cm³/mol. The van der Waals surface area contributed by atoms with Gasteiger partial charge in [0.25, 0.3) is 5.91 Å². The molecule has 0 saturated heterocycles. The molecule has 0 aliphatic rings. The second-order valence-electron chi connectivity index (χ2n) is 5.40. The zero-order valence-corrected chi connectivity index (χ0v) is 14.3. The highest BCUT2D eigenvalue weighted by atomic mass is 35.5. The van der Waals surface area contributed by atoms with Crippen molar-refractivity contribution in [3.05, 3.63) is 64.7 Å². The Kier molecular flexibility index (Phi) is 5.82. The third-order valence-corrected chi connectivity index (χ3v) is 4.05. The van der Waals surface area contributed by atoms with Crippen LogP contribution >= 0.6 is 11.6 Å². The molecule has 6 heteroatoms. The van der Waals surface area contributed by atoms with Crippen LogP contribution in [0.5, 0.6) is 0 Å². The van der Waals surface area contributed by atoms with Crippen LogP contribution in [0.15, 0.2) is 48.5 Å². The molecule has 2 N–H and O–H groups in total. The van der Waals surface area contributed by atoms with Crippen molar-refractivity contribution in [3.63, 3.8) is 0 Å². The Morgan fingerprint density at radius 1 is 1.21 bits per heavy atom. The molecule has 1 amide bonds. The van der Waals surface area contributed by atoms with E-state index in [9.17, 15) is 9.59 Å². The van der Waals surface area contributed by atoms with E-state index in [0.717, 1.165) is 5.56 Å². The maximum Gasteiger partial charge on any atom is 0.340 e. The molecule has 0 aliphatic carbocycles. The summed E-state index contributed by atoms with van der Waals surface area (Å²) in [6.45, 7) is 1.56. The van der Waals surface area contributed by atoms with Gasteiger partial charge in [0.05, 0.1) is 11.6 Å². The first-order valence-corrected chi connectivity index (χ1v) is 7.80. The number of carbonyl (C=O) groups excluding carboxylic acids is 2. The van der Waals surface area contributed by atoms with Crippen molar-refractivity contribution < 1.29 is 14.3 Å². The van der Waals surface area contributed by atoms with Crippen LogP contribution in [-0.4, -0.2) is 30.4 Å². The Morgan fingerprint density at radius 3 is 2.50 bits per heavy atom. The van der Waals surface area contributed by atoms with Crippen molar-refractivity contribution in [3.8, 4) is 0 Å². The number of nitrogens with zero attached hydrogens (tertiary/aromatic N) is 1. The van der Waals surface area contributed by atoms with Gasteiger partial charge < -0.3 is 15.4 Å². The van der Waals surface area contributed by atoms with Gasteiger partial charge in [0.2, 0.25) is 0 Å². The van der Waals surface area contributed by atoms with E-state index in [0.29, 0.717) is 5.02 Å². The molecule has 0 radical (unpaired) electrons. The predicted octanol–water partition coefficient (Wildman–Crippen LogP) is 3.30. The van der Waals surface area contributed by atoms with Crippen LogP contribution in [0.1, 0.15) is 28.9 Å². The van der Waals surface area contributed by atoms with Gasteiger partial charge in [-0.25, -0.2) is 4.79 Å². The first-order valence-electron chi connectivity index (χ1n) is 7.43. The Morgan fingerprint density at radius 2 is 1.88 bits per heavy atom. The molecule has 0 aliphatic heterocycles. The number of nitrogen functional groups attached to an aromatic ring is 1. The van der Waals surface area contributed by atoms with E-state index in [2.05, 4.69) is 0 Å². The maximum atomic E-state index is 12.2. The Labute approximate surface area is 146 Å². The Bertz CT molecular complexity index is 734. The number of nitrogens with two attached hydrogens (primary N) is 1. The van der Waals surface area contributed by atoms with Crippen LogP contribution in [0.2, 0.25) is 5.02 Å². The van der Waals surface area contributed by atoms with Gasteiger partial charge in [-0.05, 0) is 30.7 Å². The highest BCUT2D eigenvalue weighted by Gasteiger charge is 2.20. The number of hydrogen-bond acceptors (Lipinski definition) is 4. The first-order chi connectivity index (χ1) is 11.4. The van der Waals surface area contributed by atoms with Crippen molar-refractivity contribution in [2.45, 2.75) is 13.0 Å². The molecule has 2 rings (SSSR count). The summed E-state index contributed by atoms with van der Waals surface area (Å²) in [5.74, 6) is -0.953. The second-order valence-corrected chi connectivity index (χ2v) is 5.84. The number of likely N-dealkylation sites (N-methyl/N-ethyl adjacent to an activating group) is 1. The third kappa shape index (κ3) is 4.26. The normalized spacial score (nSPS) is 11.6. The van der Waals surface area contributed by atoms with Gasteiger partial charge in [0.15, 0.2) is 6.61 Å². The fourth-order valence-electron chi connectivity index (χ4n) is 2.20. The minimum Gasteiger partial charge on any atom is -0.452 e. The number of esters is 1. The van der Waals surface area contributed by atoms with Crippen LogP contribution in [-0.2, 0) is 9.53 Å². The number of anilines is 1. The summed E-state index contributed by atoms with van der Waals surface area (Å²) in [4.78, 5) is 25.8. The van der Waals surface area contributed by atoms with Crippen molar-refractivity contribution >= 4 is 29.2 Å². The fourth-order valence-corrected chi connectivity index (χ4v) is 2.38. The smallest absolute Gasteiger partial charge is 0.340 e. The van der Waals surface area contributed by atoms with E-state index < -0.39 is 5.97 Å². The topological polar surface area (TPSA) is 72.6 Å². The molecule has 0 aromatic heterocycles. The lowest BCUT2D eigenvalue weighted by atomic mass is 10.1. The number of rotatable bonds is 5. The van der Waals surface area contributed by atoms with Crippen molar-refractivity contribution in [1.82, 2.24) is 4.90 Å². The van der Waals surface area contributed by atoms with Crippen LogP contribution in [0.4, 0.5) is 5.69 Å². The minimum absolute atomic E-state index is 0.127. The van der Waals surface area contributed by atoms with E-state index in [4.69, 9.17) is 22.1 Å². The fraction of sp³-hybridized carbons (Fsp3) is 0.222. The van der Waals surface area contributed by atoms with Gasteiger partial charge in [-0.2, -0.15) is 0 Å². The quantitative estimate of drug-likeness (QED) is 0.666. The van der Waals surface area contributed by atoms with Gasteiger partial charge in [-0.3, -0.25) is 4.79 Å². The van der Waals surface area contributed by atoms with Gasteiger partial charge >= 0.3 is 5.97 Å². The largest absolute Gasteiger partial charge is 0.452 e. The number of ether oxygens (including phenoxy) is 1. The van der Waals surface area contributed by atoms with E-state index in [1.165, 1.54) is 17.0 Å². The molecule has 0 fully saturated rings. The number of carbonyl (C=O) groups is 2. The molecule has 0 unspecified atom stereocenters. The van der Waals surface area contributed by atoms with Crippen molar-refractivity contribution in [2.24, 2.45) is 0 Å². The number of amides is 1. The highest BCUT2D eigenvalue weighted by molar-refractivity contribution is 6.31. The lowest BCUT2D eigenvalue weighted by molar-refractivity contribution is -0.135. The van der Waals surface area contributed by atoms with Gasteiger partial charge in [-0.1, -0.05) is 41.9 Å². The summed E-state index contributed by atoms with van der Waals surface area (Å²) in [5, 5.41) is 0.427. The molecule has 126 valence electrons. The van der Waals surface area contributed by atoms with Crippen LogP contribution in [0, 0.1) is 0 Å². The van der Waals surface area contributed by atoms with Crippen molar-refractivity contribution in [1.29, 1.82) is 0 Å². The summed E-state index contributed by atoms with van der Waals surface area (Å²) in [7, 11) is 1.67. The molecule has 24 heavy (non-hydrogen) atoms. The molecular formula is C18H19ClN2O3. The summed E-state index contributed by atoms with van der Waals surface area (Å²) in [5.41, 5.74) is 7.13. The summed E-state index contributed by atoms with van der Waals surface area (Å²) >= 11 is 5.79. The first kappa shape index (κ1) is 17.8. The zero-order chi connectivity index (χ0) is 17.7. The standard InChI is InChI=1S/C18H19ClN2O3/c1-12(13-6-4-3-5-7-13)21(2)17(22)11-24-18(23)15-9-8-14(19)10-16(15)20/h3-10,12H,11,20H2,1-2H3/t12-/m1/s1. The molecule has 0 heterocycles. The number of benzene rings is 2. The van der Waals surface area contributed by atoms with E-state index in [-0.39, 0.29) is 29.8 Å². The molecule has 0 saturated carbocycles. The Hall–Kier alpha value is -2.53. The van der Waals surface area contributed by atoms with Gasteiger partial charge in [0.1, 0.15) is 0 Å². The zero-order valence-electron chi connectivity index (χ0n) is 13.5. The summed E-state index contributed by atoms with van der Waals surface area (Å²) in [6, 6.07) is 14.0. The van der Waals surface area contributed by atoms with Gasteiger partial charge in [0, 0.05) is 17.8 Å². The average Bonchev–Trinajstić information content (AvgIpc) is 2.58. The molecule has 2 aromatic rings. The maximum absolute atomic E-state index is 12.2. The van der Waals surface area contributed by atoms with E-state index in [1.54, 1.807) is 13.1 Å². The molecule has 2 aromatic carbocycles. The minimum atomic E-state index is -0.654. The Balaban J connectivity index is 1.96. The van der Waals surface area contributed by atoms with E-state index in [1.807, 2.05) is 37.3 Å². The van der Waals surface area contributed by atoms with Gasteiger partial charge in [-0.15, -0.1) is 0 Å². The lowest BCUT2D eigenvalue weighted by Crippen LogP contribution is -2.33. The number of hydrogen-bond donors (Lipinski definition) is 1. The van der Waals surface area contributed by atoms with Crippen LogP contribution in [0.25, 0.3) is 0 Å². The molecular weight excluding hydrogens is 328 g/mol. The SMILES string of the molecule is C[C@H](c1ccccc1)N(C)C(=O)COC(=O)c1ccc(Cl)cc1N. The van der Waals surface area contributed by atoms with E-state index >= 15 is 0 Å². The molecule has 0 spiro atoms. The van der Waals surface area contributed by atoms with Crippen LogP contribution < -0.4 is 5.73 Å². The lowest BCUT2D eigenvalue weighted by Gasteiger charge is -2.25. The molecule has 0 bridgehead atoms. The van der Waals surface area contributed by atoms with Crippen molar-refractivity contribution in [2.75, 3.05) is 19.4 Å². The molecule has 5 nitrogen and oxygen atoms in total. The summed E-state index contributed by atoms with van der Waals surface area (Å²) < 4.78 is 5.06. The molecule has 1 atom stereocenters. The summed E-state index contributed by atoms with van der Waals surface area (Å²) in [6.07, 6.45) is 0. The number of halogens is 1. The third-order valence-electron chi connectivity index (χ3n) is 3.82.